The summed E-state index contributed by atoms with van der Waals surface area (Å²) >= 11 is 0. The number of fused-ring (bicyclic) bond motifs is 1. The molecule has 2 fully saturated rings. The lowest BCUT2D eigenvalue weighted by Gasteiger charge is -2.40. The standard InChI is InChI=1S/C20H30O8/c1-6-9(2)18(24)28-17-16-13(11(4)19(25)27-16)8-14(22)12(5)20(17,26)15(23)7-10(3)21/h9-10,12-14,16-17,21-22,26H,4,6-8H2,1-3,5H3/t9?,10?,12-,13+,14+,16+,17-,20+/m0/s1. The van der Waals surface area contributed by atoms with Crippen LogP contribution in [-0.2, 0) is 23.9 Å². The minimum Gasteiger partial charge on any atom is -0.455 e. The molecule has 3 N–H and O–H groups in total. The first kappa shape index (κ1) is 22.5. The van der Waals surface area contributed by atoms with Crippen molar-refractivity contribution in [3.8, 4) is 0 Å². The van der Waals surface area contributed by atoms with Crippen molar-refractivity contribution in [2.24, 2.45) is 17.8 Å². The van der Waals surface area contributed by atoms with Gasteiger partial charge >= 0.3 is 11.9 Å². The van der Waals surface area contributed by atoms with E-state index in [1.54, 1.807) is 13.8 Å². The van der Waals surface area contributed by atoms with E-state index in [0.717, 1.165) is 0 Å². The van der Waals surface area contributed by atoms with E-state index in [1.807, 2.05) is 0 Å². The molecule has 28 heavy (non-hydrogen) atoms. The Morgan fingerprint density at radius 1 is 1.39 bits per heavy atom. The fourth-order valence-corrected chi connectivity index (χ4v) is 3.86. The summed E-state index contributed by atoms with van der Waals surface area (Å²) in [7, 11) is 0. The number of esters is 2. The van der Waals surface area contributed by atoms with Crippen molar-refractivity contribution in [2.45, 2.75) is 77.0 Å². The van der Waals surface area contributed by atoms with Gasteiger partial charge in [0.25, 0.3) is 0 Å². The SMILES string of the molecule is C=C1C(=O)O[C@@H]2[C@@H]1C[C@@H](O)[C@H](C)[C@@](O)(C(=O)CC(C)O)[C@H]2OC(=O)C(C)CC. The van der Waals surface area contributed by atoms with Crippen LogP contribution in [0.3, 0.4) is 0 Å². The molecule has 8 heteroatoms. The molecule has 0 radical (unpaired) electrons. The van der Waals surface area contributed by atoms with Gasteiger partial charge in [-0.3, -0.25) is 9.59 Å². The summed E-state index contributed by atoms with van der Waals surface area (Å²) < 4.78 is 10.9. The maximum atomic E-state index is 12.9. The number of hydrogen-bond acceptors (Lipinski definition) is 8. The molecule has 1 saturated carbocycles. The Kier molecular flexibility index (Phi) is 6.68. The maximum Gasteiger partial charge on any atom is 0.334 e. The molecule has 2 aliphatic rings. The molecule has 0 aromatic rings. The Morgan fingerprint density at radius 3 is 2.54 bits per heavy atom. The van der Waals surface area contributed by atoms with Gasteiger partial charge in [0.1, 0.15) is 6.10 Å². The Balaban J connectivity index is 2.55. The van der Waals surface area contributed by atoms with Crippen molar-refractivity contribution < 1.29 is 39.2 Å². The zero-order valence-electron chi connectivity index (χ0n) is 16.8. The lowest BCUT2D eigenvalue weighted by Crippen LogP contribution is -2.61. The highest BCUT2D eigenvalue weighted by molar-refractivity contribution is 5.92. The number of rotatable bonds is 6. The Labute approximate surface area is 164 Å². The summed E-state index contributed by atoms with van der Waals surface area (Å²) in [6.07, 6.45) is -4.78. The summed E-state index contributed by atoms with van der Waals surface area (Å²) in [6, 6.07) is 0. The number of Topliss-reactive ketones (excluding diaryl/α,β-unsaturated/α-hetero) is 1. The Hall–Kier alpha value is -1.77. The number of ether oxygens (including phenoxy) is 2. The summed E-state index contributed by atoms with van der Waals surface area (Å²) in [4.78, 5) is 37.5. The van der Waals surface area contributed by atoms with Crippen molar-refractivity contribution in [1.82, 2.24) is 0 Å². The molecule has 2 rings (SSSR count). The number of carbonyl (C=O) groups is 3. The lowest BCUT2D eigenvalue weighted by molar-refractivity contribution is -0.202. The van der Waals surface area contributed by atoms with Crippen LogP contribution in [-0.4, -0.2) is 63.1 Å². The van der Waals surface area contributed by atoms with Gasteiger partial charge in [0.15, 0.2) is 17.5 Å². The second-order valence-corrected chi connectivity index (χ2v) is 8.06. The predicted octanol–water partition coefficient (Wildman–Crippen LogP) is 0.514. The summed E-state index contributed by atoms with van der Waals surface area (Å²) in [6.45, 7) is 9.99. The minimum atomic E-state index is -2.33. The molecule has 0 aromatic carbocycles. The van der Waals surface area contributed by atoms with Crippen LogP contribution in [0.1, 0.15) is 47.0 Å². The van der Waals surface area contributed by atoms with Gasteiger partial charge in [-0.05, 0) is 19.8 Å². The number of aliphatic hydroxyl groups excluding tert-OH is 2. The quantitative estimate of drug-likeness (QED) is 0.436. The summed E-state index contributed by atoms with van der Waals surface area (Å²) in [5.74, 6) is -4.37. The Bertz CT molecular complexity index is 657. The number of hydrogen-bond donors (Lipinski definition) is 3. The van der Waals surface area contributed by atoms with E-state index in [-0.39, 0.29) is 12.0 Å². The van der Waals surface area contributed by atoms with Crippen LogP contribution in [0.4, 0.5) is 0 Å². The van der Waals surface area contributed by atoms with E-state index in [9.17, 15) is 29.7 Å². The number of ketones is 1. The average Bonchev–Trinajstić information content (AvgIpc) is 2.87. The normalized spacial score (nSPS) is 37.5. The van der Waals surface area contributed by atoms with E-state index in [1.165, 1.54) is 13.8 Å². The summed E-state index contributed by atoms with van der Waals surface area (Å²) in [5, 5.41) is 31.7. The molecule has 0 aromatic heterocycles. The molecule has 1 heterocycles. The predicted molar refractivity (Wildman–Crippen MR) is 97.9 cm³/mol. The van der Waals surface area contributed by atoms with Crippen molar-refractivity contribution in [3.63, 3.8) is 0 Å². The average molecular weight is 398 g/mol. The monoisotopic (exact) mass is 398 g/mol. The molecule has 1 saturated heterocycles. The third-order valence-electron chi connectivity index (χ3n) is 6.03. The van der Waals surface area contributed by atoms with Crippen LogP contribution >= 0.6 is 0 Å². The third-order valence-corrected chi connectivity index (χ3v) is 6.03. The second kappa shape index (κ2) is 8.31. The molecule has 1 aliphatic heterocycles. The van der Waals surface area contributed by atoms with Crippen LogP contribution < -0.4 is 0 Å². The van der Waals surface area contributed by atoms with Crippen LogP contribution in [0.15, 0.2) is 12.2 Å². The first-order valence-corrected chi connectivity index (χ1v) is 9.67. The van der Waals surface area contributed by atoms with Gasteiger partial charge in [0.2, 0.25) is 0 Å². The van der Waals surface area contributed by atoms with Gasteiger partial charge < -0.3 is 24.8 Å². The molecule has 8 atom stereocenters. The van der Waals surface area contributed by atoms with Crippen molar-refractivity contribution in [3.05, 3.63) is 12.2 Å². The van der Waals surface area contributed by atoms with Crippen molar-refractivity contribution >= 4 is 17.7 Å². The molecule has 158 valence electrons. The van der Waals surface area contributed by atoms with Gasteiger partial charge in [-0.15, -0.1) is 0 Å². The number of carbonyl (C=O) groups excluding carboxylic acids is 3. The van der Waals surface area contributed by atoms with E-state index in [4.69, 9.17) is 9.47 Å². The van der Waals surface area contributed by atoms with E-state index < -0.39 is 71.9 Å². The smallest absolute Gasteiger partial charge is 0.334 e. The molecule has 2 unspecified atom stereocenters. The Morgan fingerprint density at radius 2 is 2.00 bits per heavy atom. The first-order valence-electron chi connectivity index (χ1n) is 9.67. The number of aliphatic hydroxyl groups is 3. The lowest BCUT2D eigenvalue weighted by atomic mass is 9.75. The molecular formula is C20H30O8. The molecular weight excluding hydrogens is 368 g/mol. The van der Waals surface area contributed by atoms with Gasteiger partial charge in [0.05, 0.1) is 18.1 Å². The molecule has 0 spiro atoms. The minimum absolute atomic E-state index is 0.0259. The van der Waals surface area contributed by atoms with Crippen LogP contribution in [0.25, 0.3) is 0 Å². The first-order chi connectivity index (χ1) is 12.9. The van der Waals surface area contributed by atoms with Gasteiger partial charge in [-0.2, -0.15) is 0 Å². The molecule has 0 bridgehead atoms. The second-order valence-electron chi connectivity index (χ2n) is 8.06. The van der Waals surface area contributed by atoms with Crippen LogP contribution in [0.2, 0.25) is 0 Å². The molecule has 0 amide bonds. The zero-order valence-corrected chi connectivity index (χ0v) is 16.8. The third kappa shape index (κ3) is 3.86. The fraction of sp³-hybridized carbons (Fsp3) is 0.750. The largest absolute Gasteiger partial charge is 0.455 e. The van der Waals surface area contributed by atoms with E-state index in [2.05, 4.69) is 6.58 Å². The fourth-order valence-electron chi connectivity index (χ4n) is 3.86. The maximum absolute atomic E-state index is 12.9. The molecule has 8 nitrogen and oxygen atoms in total. The van der Waals surface area contributed by atoms with Gasteiger partial charge in [-0.1, -0.05) is 27.4 Å². The topological polar surface area (TPSA) is 130 Å². The highest BCUT2D eigenvalue weighted by atomic mass is 16.6. The zero-order chi connectivity index (χ0) is 21.4. The van der Waals surface area contributed by atoms with Gasteiger partial charge in [-0.25, -0.2) is 4.79 Å². The van der Waals surface area contributed by atoms with Crippen molar-refractivity contribution in [1.29, 1.82) is 0 Å². The van der Waals surface area contributed by atoms with E-state index >= 15 is 0 Å². The van der Waals surface area contributed by atoms with Crippen LogP contribution in [0, 0.1) is 17.8 Å². The highest BCUT2D eigenvalue weighted by Gasteiger charge is 2.62. The van der Waals surface area contributed by atoms with Gasteiger partial charge in [0, 0.05) is 23.8 Å². The van der Waals surface area contributed by atoms with E-state index in [0.29, 0.717) is 6.42 Å². The molecule has 1 aliphatic carbocycles. The van der Waals surface area contributed by atoms with Crippen molar-refractivity contribution in [2.75, 3.05) is 0 Å². The highest BCUT2D eigenvalue weighted by Crippen LogP contribution is 2.45. The van der Waals surface area contributed by atoms with Crippen LogP contribution in [0.5, 0.6) is 0 Å². The summed E-state index contributed by atoms with van der Waals surface area (Å²) in [5.41, 5.74) is -2.22.